The van der Waals surface area contributed by atoms with Gasteiger partial charge in [-0.05, 0) is 54.7 Å². The number of hydrogen-bond donors (Lipinski definition) is 0. The van der Waals surface area contributed by atoms with E-state index in [1.54, 1.807) is 0 Å². The summed E-state index contributed by atoms with van der Waals surface area (Å²) in [6, 6.07) is 9.29. The van der Waals surface area contributed by atoms with E-state index in [1.807, 2.05) is 0 Å². The summed E-state index contributed by atoms with van der Waals surface area (Å²) in [5, 5.41) is 0. The van der Waals surface area contributed by atoms with Crippen LogP contribution in [0.25, 0.3) is 0 Å². The van der Waals surface area contributed by atoms with Gasteiger partial charge in [0.1, 0.15) is 0 Å². The molecule has 0 aliphatic carbocycles. The van der Waals surface area contributed by atoms with Gasteiger partial charge in [0.2, 0.25) is 0 Å². The van der Waals surface area contributed by atoms with Crippen molar-refractivity contribution >= 4 is 5.69 Å². The summed E-state index contributed by atoms with van der Waals surface area (Å²) in [5.74, 6) is 2.56. The molecule has 1 aliphatic rings. The van der Waals surface area contributed by atoms with Gasteiger partial charge in [-0.15, -0.1) is 0 Å². The Morgan fingerprint density at radius 1 is 0.952 bits per heavy atom. The van der Waals surface area contributed by atoms with Crippen LogP contribution < -0.4 is 4.90 Å². The van der Waals surface area contributed by atoms with Crippen LogP contribution in [0.1, 0.15) is 58.9 Å². The lowest BCUT2D eigenvalue weighted by Gasteiger charge is -2.34. The Morgan fingerprint density at radius 3 is 2.10 bits per heavy atom. The first-order chi connectivity index (χ1) is 10.0. The fraction of sp³-hybridized carbons (Fsp3) is 0.700. The second-order valence-corrected chi connectivity index (χ2v) is 7.67. The Labute approximate surface area is 131 Å². The largest absolute Gasteiger partial charge is 0.372 e. The smallest absolute Gasteiger partial charge is 0.0366 e. The molecule has 118 valence electrons. The van der Waals surface area contributed by atoms with Crippen molar-refractivity contribution < 1.29 is 0 Å². The molecular weight excluding hydrogens is 254 g/mol. The standard InChI is InChI=1S/C20H33N/c1-16(2)5-6-18-11-13-21(14-12-18)20-9-7-19(8-10-20)15-17(3)4/h7-10,16-18H,5-6,11-15H2,1-4H3. The SMILES string of the molecule is CC(C)CCC1CCN(c2ccc(CC(C)C)cc2)CC1. The zero-order valence-electron chi connectivity index (χ0n) is 14.4. The molecule has 0 atom stereocenters. The summed E-state index contributed by atoms with van der Waals surface area (Å²) < 4.78 is 0. The Morgan fingerprint density at radius 2 is 1.57 bits per heavy atom. The van der Waals surface area contributed by atoms with E-state index in [9.17, 15) is 0 Å². The quantitative estimate of drug-likeness (QED) is 0.664. The van der Waals surface area contributed by atoms with Crippen molar-refractivity contribution in [3.63, 3.8) is 0 Å². The summed E-state index contributed by atoms with van der Waals surface area (Å²) in [4.78, 5) is 2.57. The molecule has 0 spiro atoms. The van der Waals surface area contributed by atoms with Crippen molar-refractivity contribution in [3.05, 3.63) is 29.8 Å². The van der Waals surface area contributed by atoms with Crippen molar-refractivity contribution in [1.82, 2.24) is 0 Å². The molecule has 0 unspecified atom stereocenters. The summed E-state index contributed by atoms with van der Waals surface area (Å²) >= 11 is 0. The molecule has 1 nitrogen and oxygen atoms in total. The molecule has 0 saturated carbocycles. The molecule has 1 saturated heterocycles. The number of anilines is 1. The predicted molar refractivity (Wildman–Crippen MR) is 94.0 cm³/mol. The molecular formula is C20H33N. The Bertz CT molecular complexity index is 396. The van der Waals surface area contributed by atoms with Gasteiger partial charge in [-0.3, -0.25) is 0 Å². The molecule has 0 bridgehead atoms. The average molecular weight is 287 g/mol. The van der Waals surface area contributed by atoms with Crippen LogP contribution in [0.5, 0.6) is 0 Å². The van der Waals surface area contributed by atoms with E-state index < -0.39 is 0 Å². The summed E-state index contributed by atoms with van der Waals surface area (Å²) in [7, 11) is 0. The van der Waals surface area contributed by atoms with Gasteiger partial charge in [0, 0.05) is 18.8 Å². The number of nitrogens with zero attached hydrogens (tertiary/aromatic N) is 1. The Hall–Kier alpha value is -0.980. The van der Waals surface area contributed by atoms with E-state index in [0.29, 0.717) is 0 Å². The van der Waals surface area contributed by atoms with Gasteiger partial charge in [0.15, 0.2) is 0 Å². The van der Waals surface area contributed by atoms with Crippen LogP contribution in [-0.2, 0) is 6.42 Å². The Kier molecular flexibility index (Phi) is 6.14. The van der Waals surface area contributed by atoms with E-state index >= 15 is 0 Å². The van der Waals surface area contributed by atoms with E-state index in [4.69, 9.17) is 0 Å². The normalized spacial score (nSPS) is 17.0. The van der Waals surface area contributed by atoms with Crippen LogP contribution in [0.4, 0.5) is 5.69 Å². The topological polar surface area (TPSA) is 3.24 Å². The van der Waals surface area contributed by atoms with Gasteiger partial charge in [0.25, 0.3) is 0 Å². The van der Waals surface area contributed by atoms with Gasteiger partial charge >= 0.3 is 0 Å². The number of piperidine rings is 1. The highest BCUT2D eigenvalue weighted by molar-refractivity contribution is 5.48. The van der Waals surface area contributed by atoms with Crippen LogP contribution in [0, 0.1) is 17.8 Å². The zero-order valence-corrected chi connectivity index (χ0v) is 14.4. The van der Waals surface area contributed by atoms with Crippen molar-refractivity contribution in [2.24, 2.45) is 17.8 Å². The van der Waals surface area contributed by atoms with Gasteiger partial charge in [-0.25, -0.2) is 0 Å². The van der Waals surface area contributed by atoms with Crippen LogP contribution in [-0.4, -0.2) is 13.1 Å². The van der Waals surface area contributed by atoms with E-state index in [1.165, 1.54) is 56.4 Å². The van der Waals surface area contributed by atoms with Crippen LogP contribution >= 0.6 is 0 Å². The molecule has 0 N–H and O–H groups in total. The van der Waals surface area contributed by atoms with Crippen molar-refractivity contribution in [3.8, 4) is 0 Å². The molecule has 0 aromatic heterocycles. The van der Waals surface area contributed by atoms with Crippen molar-refractivity contribution in [2.45, 2.75) is 59.8 Å². The zero-order chi connectivity index (χ0) is 15.2. The van der Waals surface area contributed by atoms with Gasteiger partial charge in [-0.2, -0.15) is 0 Å². The number of rotatable bonds is 6. The lowest BCUT2D eigenvalue weighted by atomic mass is 9.89. The minimum Gasteiger partial charge on any atom is -0.372 e. The van der Waals surface area contributed by atoms with E-state index in [-0.39, 0.29) is 0 Å². The molecule has 1 aliphatic heterocycles. The van der Waals surface area contributed by atoms with Crippen LogP contribution in [0.3, 0.4) is 0 Å². The van der Waals surface area contributed by atoms with Crippen molar-refractivity contribution in [1.29, 1.82) is 0 Å². The maximum atomic E-state index is 2.57. The van der Waals surface area contributed by atoms with Gasteiger partial charge in [-0.1, -0.05) is 52.7 Å². The van der Waals surface area contributed by atoms with Crippen LogP contribution in [0.2, 0.25) is 0 Å². The molecule has 1 heteroatoms. The molecule has 1 heterocycles. The fourth-order valence-corrected chi connectivity index (χ4v) is 3.36. The van der Waals surface area contributed by atoms with Gasteiger partial charge < -0.3 is 4.90 Å². The molecule has 21 heavy (non-hydrogen) atoms. The molecule has 1 aromatic rings. The van der Waals surface area contributed by atoms with E-state index in [2.05, 4.69) is 56.9 Å². The highest BCUT2D eigenvalue weighted by Crippen LogP contribution is 2.27. The highest BCUT2D eigenvalue weighted by atomic mass is 15.1. The third kappa shape index (κ3) is 5.37. The second-order valence-electron chi connectivity index (χ2n) is 7.67. The van der Waals surface area contributed by atoms with Gasteiger partial charge in [0.05, 0.1) is 0 Å². The summed E-state index contributed by atoms with van der Waals surface area (Å²) in [5.41, 5.74) is 2.89. The number of hydrogen-bond acceptors (Lipinski definition) is 1. The first-order valence-electron chi connectivity index (χ1n) is 8.88. The predicted octanol–water partition coefficient (Wildman–Crippen LogP) is 5.54. The first kappa shape index (κ1) is 16.4. The first-order valence-corrected chi connectivity index (χ1v) is 8.88. The lowest BCUT2D eigenvalue weighted by molar-refractivity contribution is 0.351. The monoisotopic (exact) mass is 287 g/mol. The number of benzene rings is 1. The summed E-state index contributed by atoms with van der Waals surface area (Å²) in [6.07, 6.45) is 6.77. The molecule has 1 fully saturated rings. The molecule has 0 amide bonds. The minimum absolute atomic E-state index is 0.743. The maximum absolute atomic E-state index is 2.57. The molecule has 2 rings (SSSR count). The third-order valence-electron chi connectivity index (χ3n) is 4.71. The maximum Gasteiger partial charge on any atom is 0.0366 e. The van der Waals surface area contributed by atoms with E-state index in [0.717, 1.165) is 17.8 Å². The lowest BCUT2D eigenvalue weighted by Crippen LogP contribution is -2.33. The minimum atomic E-state index is 0.743. The fourth-order valence-electron chi connectivity index (χ4n) is 3.36. The third-order valence-corrected chi connectivity index (χ3v) is 4.71. The average Bonchev–Trinajstić information content (AvgIpc) is 2.46. The van der Waals surface area contributed by atoms with Crippen molar-refractivity contribution in [2.75, 3.05) is 18.0 Å². The summed E-state index contributed by atoms with van der Waals surface area (Å²) in [6.45, 7) is 11.7. The Balaban J connectivity index is 1.81. The van der Waals surface area contributed by atoms with Crippen LogP contribution in [0.15, 0.2) is 24.3 Å². The molecule has 1 aromatic carbocycles. The molecule has 0 radical (unpaired) electrons. The second kappa shape index (κ2) is 7.87. The highest BCUT2D eigenvalue weighted by Gasteiger charge is 2.19.